The van der Waals surface area contributed by atoms with Gasteiger partial charge in [-0.2, -0.15) is 0 Å². The molecule has 0 spiro atoms. The molecule has 0 aliphatic rings. The predicted octanol–water partition coefficient (Wildman–Crippen LogP) is 0.705. The van der Waals surface area contributed by atoms with Gasteiger partial charge in [-0.05, 0) is 26.9 Å². The Labute approximate surface area is 100.0 Å². The first-order chi connectivity index (χ1) is 7.61. The molecule has 4 nitrogen and oxygen atoms in total. The van der Waals surface area contributed by atoms with Crippen LogP contribution in [0.25, 0.3) is 0 Å². The summed E-state index contributed by atoms with van der Waals surface area (Å²) in [6, 6.07) is 0. The number of aliphatic hydroxyl groups is 1. The van der Waals surface area contributed by atoms with Gasteiger partial charge in [0.15, 0.2) is 0 Å². The fraction of sp³-hybridized carbons (Fsp3) is 1.00. The van der Waals surface area contributed by atoms with Crippen LogP contribution in [-0.4, -0.2) is 61.5 Å². The van der Waals surface area contributed by atoms with Crippen molar-refractivity contribution >= 4 is 0 Å². The fourth-order valence-corrected chi connectivity index (χ4v) is 1.77. The van der Waals surface area contributed by atoms with E-state index in [0.717, 1.165) is 39.4 Å². The maximum absolute atomic E-state index is 9.41. The lowest BCUT2D eigenvalue weighted by atomic mass is 10.0. The third kappa shape index (κ3) is 6.43. The number of hydrogen-bond acceptors (Lipinski definition) is 4. The fourth-order valence-electron chi connectivity index (χ4n) is 1.77. The van der Waals surface area contributed by atoms with Crippen LogP contribution in [0.5, 0.6) is 0 Å². The molecule has 98 valence electrons. The molecule has 0 saturated heterocycles. The molecule has 0 rings (SSSR count). The van der Waals surface area contributed by atoms with Crippen molar-refractivity contribution in [2.24, 2.45) is 0 Å². The quantitative estimate of drug-likeness (QED) is 0.544. The van der Waals surface area contributed by atoms with E-state index in [1.165, 1.54) is 0 Å². The topological polar surface area (TPSA) is 44.7 Å². The summed E-state index contributed by atoms with van der Waals surface area (Å²) < 4.78 is 5.35. The van der Waals surface area contributed by atoms with Crippen LogP contribution in [0, 0.1) is 0 Å². The van der Waals surface area contributed by atoms with E-state index in [9.17, 15) is 5.11 Å². The summed E-state index contributed by atoms with van der Waals surface area (Å²) in [6.45, 7) is 13.6. The Morgan fingerprint density at radius 2 is 2.00 bits per heavy atom. The molecular formula is C12H28N2O2. The lowest BCUT2D eigenvalue weighted by molar-refractivity contribution is 0.0845. The molecule has 1 unspecified atom stereocenters. The van der Waals surface area contributed by atoms with Gasteiger partial charge in [-0.1, -0.05) is 13.8 Å². The van der Waals surface area contributed by atoms with Gasteiger partial charge >= 0.3 is 0 Å². The molecule has 0 aromatic carbocycles. The Kier molecular flexibility index (Phi) is 8.84. The van der Waals surface area contributed by atoms with Gasteiger partial charge in [0.25, 0.3) is 0 Å². The number of ether oxygens (including phenoxy) is 1. The van der Waals surface area contributed by atoms with Crippen LogP contribution in [0.4, 0.5) is 0 Å². The number of hydrogen-bond donors (Lipinski definition) is 2. The predicted molar refractivity (Wildman–Crippen MR) is 67.8 cm³/mol. The largest absolute Gasteiger partial charge is 0.394 e. The standard InChI is InChI=1S/C12H28N2O2/c1-5-13-12(4,11-15)10-14(6-2)8-9-16-7-3/h13,15H,5-11H2,1-4H3. The van der Waals surface area contributed by atoms with Gasteiger partial charge in [0.1, 0.15) is 0 Å². The first kappa shape index (κ1) is 15.8. The van der Waals surface area contributed by atoms with Crippen LogP contribution in [0.2, 0.25) is 0 Å². The molecule has 0 aliphatic heterocycles. The van der Waals surface area contributed by atoms with E-state index < -0.39 is 0 Å². The Morgan fingerprint density at radius 1 is 1.31 bits per heavy atom. The zero-order chi connectivity index (χ0) is 12.4. The Morgan fingerprint density at radius 3 is 2.44 bits per heavy atom. The molecule has 0 heterocycles. The summed E-state index contributed by atoms with van der Waals surface area (Å²) in [5.41, 5.74) is -0.211. The van der Waals surface area contributed by atoms with E-state index in [0.29, 0.717) is 0 Å². The third-order valence-electron chi connectivity index (χ3n) is 2.73. The van der Waals surface area contributed by atoms with Crippen LogP contribution in [0.15, 0.2) is 0 Å². The van der Waals surface area contributed by atoms with Gasteiger partial charge in [-0.3, -0.25) is 4.90 Å². The second-order valence-electron chi connectivity index (χ2n) is 4.31. The SMILES string of the molecule is CCNC(C)(CO)CN(CC)CCOCC. The van der Waals surface area contributed by atoms with Gasteiger partial charge in [0, 0.05) is 19.7 Å². The Hall–Kier alpha value is -0.160. The van der Waals surface area contributed by atoms with E-state index in [-0.39, 0.29) is 12.1 Å². The first-order valence-electron chi connectivity index (χ1n) is 6.27. The highest BCUT2D eigenvalue weighted by molar-refractivity contribution is 4.85. The van der Waals surface area contributed by atoms with E-state index in [4.69, 9.17) is 4.74 Å². The minimum absolute atomic E-state index is 0.159. The van der Waals surface area contributed by atoms with Crippen molar-refractivity contribution in [3.63, 3.8) is 0 Å². The Bertz CT molecular complexity index is 167. The van der Waals surface area contributed by atoms with Crippen molar-refractivity contribution in [2.45, 2.75) is 33.2 Å². The summed E-state index contributed by atoms with van der Waals surface area (Å²) in [5, 5.41) is 12.7. The number of nitrogens with zero attached hydrogens (tertiary/aromatic N) is 1. The maximum atomic E-state index is 9.41. The minimum atomic E-state index is -0.211. The van der Waals surface area contributed by atoms with Crippen molar-refractivity contribution in [3.05, 3.63) is 0 Å². The molecule has 0 amide bonds. The lowest BCUT2D eigenvalue weighted by Gasteiger charge is -2.34. The van der Waals surface area contributed by atoms with E-state index in [1.807, 2.05) is 6.92 Å². The molecule has 16 heavy (non-hydrogen) atoms. The Balaban J connectivity index is 4.05. The van der Waals surface area contributed by atoms with Gasteiger partial charge in [-0.25, -0.2) is 0 Å². The molecule has 0 fully saturated rings. The summed E-state index contributed by atoms with van der Waals surface area (Å²) in [6.07, 6.45) is 0. The number of aliphatic hydroxyl groups excluding tert-OH is 1. The van der Waals surface area contributed by atoms with Gasteiger partial charge in [-0.15, -0.1) is 0 Å². The number of likely N-dealkylation sites (N-methyl/N-ethyl adjacent to an activating group) is 2. The minimum Gasteiger partial charge on any atom is -0.394 e. The monoisotopic (exact) mass is 232 g/mol. The van der Waals surface area contributed by atoms with Crippen LogP contribution in [0.3, 0.4) is 0 Å². The second-order valence-corrected chi connectivity index (χ2v) is 4.31. The number of nitrogens with one attached hydrogen (secondary N) is 1. The van der Waals surface area contributed by atoms with E-state index in [1.54, 1.807) is 0 Å². The summed E-state index contributed by atoms with van der Waals surface area (Å²) >= 11 is 0. The van der Waals surface area contributed by atoms with Gasteiger partial charge in [0.2, 0.25) is 0 Å². The molecule has 4 heteroatoms. The van der Waals surface area contributed by atoms with Crippen molar-refractivity contribution in [2.75, 3.05) is 46.0 Å². The average molecular weight is 232 g/mol. The van der Waals surface area contributed by atoms with E-state index in [2.05, 4.69) is 31.0 Å². The second kappa shape index (κ2) is 8.93. The van der Waals surface area contributed by atoms with E-state index >= 15 is 0 Å². The van der Waals surface area contributed by atoms with Crippen LogP contribution in [0.1, 0.15) is 27.7 Å². The molecule has 0 bridgehead atoms. The van der Waals surface area contributed by atoms with Crippen molar-refractivity contribution in [1.29, 1.82) is 0 Å². The zero-order valence-electron chi connectivity index (χ0n) is 11.3. The third-order valence-corrected chi connectivity index (χ3v) is 2.73. The first-order valence-corrected chi connectivity index (χ1v) is 6.27. The normalized spacial score (nSPS) is 15.4. The highest BCUT2D eigenvalue weighted by Crippen LogP contribution is 2.05. The molecule has 2 N–H and O–H groups in total. The summed E-state index contributed by atoms with van der Waals surface area (Å²) in [4.78, 5) is 2.30. The zero-order valence-corrected chi connectivity index (χ0v) is 11.3. The van der Waals surface area contributed by atoms with Crippen LogP contribution in [-0.2, 0) is 4.74 Å². The lowest BCUT2D eigenvalue weighted by Crippen LogP contribution is -2.54. The maximum Gasteiger partial charge on any atom is 0.0623 e. The van der Waals surface area contributed by atoms with Crippen LogP contribution >= 0.6 is 0 Å². The molecule has 0 aliphatic carbocycles. The van der Waals surface area contributed by atoms with Gasteiger partial charge < -0.3 is 15.2 Å². The average Bonchev–Trinajstić information content (AvgIpc) is 2.28. The highest BCUT2D eigenvalue weighted by Gasteiger charge is 2.24. The molecular weight excluding hydrogens is 204 g/mol. The molecule has 1 atom stereocenters. The smallest absolute Gasteiger partial charge is 0.0623 e. The summed E-state index contributed by atoms with van der Waals surface area (Å²) in [5.74, 6) is 0. The number of rotatable bonds is 10. The van der Waals surface area contributed by atoms with Crippen molar-refractivity contribution in [3.8, 4) is 0 Å². The van der Waals surface area contributed by atoms with Crippen LogP contribution < -0.4 is 5.32 Å². The summed E-state index contributed by atoms with van der Waals surface area (Å²) in [7, 11) is 0. The molecule has 0 aromatic rings. The highest BCUT2D eigenvalue weighted by atomic mass is 16.5. The van der Waals surface area contributed by atoms with Crippen molar-refractivity contribution in [1.82, 2.24) is 10.2 Å². The van der Waals surface area contributed by atoms with Gasteiger partial charge in [0.05, 0.1) is 18.8 Å². The van der Waals surface area contributed by atoms with Crippen molar-refractivity contribution < 1.29 is 9.84 Å². The molecule has 0 aromatic heterocycles. The molecule has 0 radical (unpaired) electrons. The molecule has 0 saturated carbocycles.